The maximum Gasteiger partial charge on any atom is 1.00 e. The van der Waals surface area contributed by atoms with E-state index >= 15 is 0 Å². The zero-order chi connectivity index (χ0) is 14.5. The molecule has 3 unspecified atom stereocenters. The van der Waals surface area contributed by atoms with Gasteiger partial charge in [-0.3, -0.25) is 4.90 Å². The van der Waals surface area contributed by atoms with Crippen molar-refractivity contribution in [2.45, 2.75) is 31.1 Å². The maximum absolute atomic E-state index is 11.4. The normalized spacial score (nSPS) is 26.3. The zero-order valence-corrected chi connectivity index (χ0v) is 15.3. The van der Waals surface area contributed by atoms with Crippen LogP contribution in [0.2, 0.25) is 0 Å². The Morgan fingerprint density at radius 2 is 2.19 bits per heavy atom. The van der Waals surface area contributed by atoms with Crippen LogP contribution < -0.4 is 67.1 Å². The first-order chi connectivity index (χ1) is 9.56. The number of aliphatic carboxylic acids is 1. The molecule has 0 aromatic heterocycles. The molecule has 0 aromatic carbocycles. The van der Waals surface area contributed by atoms with Crippen LogP contribution in [0.1, 0.15) is 12.8 Å². The van der Waals surface area contributed by atoms with Gasteiger partial charge in [-0.15, -0.1) is 0 Å². The van der Waals surface area contributed by atoms with Gasteiger partial charge in [0, 0.05) is 19.1 Å². The number of aliphatic hydroxyl groups is 1. The van der Waals surface area contributed by atoms with Crippen molar-refractivity contribution >= 4 is 12.0 Å². The molecule has 9 heteroatoms. The van der Waals surface area contributed by atoms with Gasteiger partial charge in [0.25, 0.3) is 0 Å². The second-order valence-electron chi connectivity index (χ2n) is 5.17. The Kier molecular flexibility index (Phi) is 8.65. The van der Waals surface area contributed by atoms with Crippen LogP contribution >= 0.6 is 0 Å². The topological polar surface area (TPSA) is 114 Å². The molecule has 3 N–H and O–H groups in total. The van der Waals surface area contributed by atoms with Gasteiger partial charge in [0.2, 0.25) is 0 Å². The molecule has 114 valence electrons. The van der Waals surface area contributed by atoms with E-state index in [0.29, 0.717) is 19.2 Å². The Hall–Kier alpha value is 0.256. The third kappa shape index (κ3) is 6.10. The quantitative estimate of drug-likeness (QED) is 0.434. The third-order valence-electron chi connectivity index (χ3n) is 3.68. The summed E-state index contributed by atoms with van der Waals surface area (Å²) in [6.07, 6.45) is 0.607. The fraction of sp³-hybridized carbons (Fsp3) is 0.833. The number of fused-ring (bicyclic) bond motifs is 1. The van der Waals surface area contributed by atoms with Crippen molar-refractivity contribution in [3.63, 3.8) is 0 Å². The molecule has 2 rings (SSSR count). The molecule has 2 amide bonds. The minimum absolute atomic E-state index is 0. The van der Waals surface area contributed by atoms with Gasteiger partial charge < -0.3 is 30.4 Å². The molecule has 2 aliphatic heterocycles. The Bertz CT molecular complexity index is 371. The van der Waals surface area contributed by atoms with Crippen LogP contribution in [0.15, 0.2) is 0 Å². The number of carboxylic acid groups (broad SMARTS) is 1. The number of amides is 2. The third-order valence-corrected chi connectivity index (χ3v) is 3.68. The number of ether oxygens (including phenoxy) is 1. The first-order valence-electron chi connectivity index (χ1n) is 6.82. The summed E-state index contributed by atoms with van der Waals surface area (Å²) >= 11 is 0. The Balaban J connectivity index is 0.00000220. The van der Waals surface area contributed by atoms with Gasteiger partial charge in [0.1, 0.15) is 6.10 Å². The average Bonchev–Trinajstić information content (AvgIpc) is 2.89. The molecule has 2 aliphatic rings. The summed E-state index contributed by atoms with van der Waals surface area (Å²) in [4.78, 5) is 24.1. The molecule has 2 heterocycles. The largest absolute Gasteiger partial charge is 1.00 e. The monoisotopic (exact) mass is 325 g/mol. The summed E-state index contributed by atoms with van der Waals surface area (Å²) < 4.78 is 5.67. The number of urea groups is 1. The van der Waals surface area contributed by atoms with E-state index in [1.165, 1.54) is 12.8 Å². The van der Waals surface area contributed by atoms with Crippen LogP contribution in [0.5, 0.6) is 0 Å². The fourth-order valence-corrected chi connectivity index (χ4v) is 2.55. The van der Waals surface area contributed by atoms with Crippen molar-refractivity contribution in [2.24, 2.45) is 0 Å². The van der Waals surface area contributed by atoms with E-state index in [-0.39, 0.29) is 64.0 Å². The number of aliphatic hydroxyl groups excluding tert-OH is 1. The van der Waals surface area contributed by atoms with Crippen molar-refractivity contribution < 1.29 is 75.9 Å². The number of nitrogens with zero attached hydrogens (tertiary/aromatic N) is 1. The van der Waals surface area contributed by atoms with Gasteiger partial charge in [0.15, 0.2) is 0 Å². The average molecular weight is 325 g/mol. The van der Waals surface area contributed by atoms with Crippen LogP contribution in [-0.2, 0) is 9.53 Å². The molecule has 2 fully saturated rings. The summed E-state index contributed by atoms with van der Waals surface area (Å²) in [6, 6.07) is -0.0178. The van der Waals surface area contributed by atoms with Gasteiger partial charge in [-0.1, -0.05) is 0 Å². The number of morpholine rings is 1. The molecule has 3 atom stereocenters. The predicted octanol–water partition coefficient (Wildman–Crippen LogP) is -5.74. The standard InChI is InChI=1S/C12H21N3O5.K/c16-10(11(17)18)5-14-12(19)13-4-9-6-15-3-1-2-8(15)7-20-9;/h8-10,16H,1-7H2,(H,17,18)(H2,13,14,19);/q;+1/p-1. The van der Waals surface area contributed by atoms with Crippen molar-refractivity contribution in [1.82, 2.24) is 15.5 Å². The summed E-state index contributed by atoms with van der Waals surface area (Å²) in [5.41, 5.74) is 0. The number of hydrogen-bond acceptors (Lipinski definition) is 6. The van der Waals surface area contributed by atoms with Crippen LogP contribution in [0.25, 0.3) is 0 Å². The summed E-state index contributed by atoms with van der Waals surface area (Å²) in [5.74, 6) is -1.61. The van der Waals surface area contributed by atoms with Crippen molar-refractivity contribution in [1.29, 1.82) is 0 Å². The van der Waals surface area contributed by atoms with Crippen molar-refractivity contribution in [3.05, 3.63) is 0 Å². The van der Waals surface area contributed by atoms with Gasteiger partial charge >= 0.3 is 57.4 Å². The van der Waals surface area contributed by atoms with Crippen molar-refractivity contribution in [3.8, 4) is 0 Å². The number of rotatable bonds is 5. The molecule has 2 saturated heterocycles. The van der Waals surface area contributed by atoms with E-state index in [2.05, 4.69) is 15.5 Å². The molecular formula is C12H20KN3O5. The minimum atomic E-state index is -1.70. The maximum atomic E-state index is 11.4. The van der Waals surface area contributed by atoms with Crippen LogP contribution in [0, 0.1) is 0 Å². The number of nitrogens with one attached hydrogen (secondary N) is 2. The fourth-order valence-electron chi connectivity index (χ4n) is 2.55. The zero-order valence-electron chi connectivity index (χ0n) is 12.2. The molecule has 0 bridgehead atoms. The van der Waals surface area contributed by atoms with Crippen LogP contribution in [-0.4, -0.2) is 73.0 Å². The first kappa shape index (κ1) is 19.3. The Morgan fingerprint density at radius 1 is 1.43 bits per heavy atom. The van der Waals surface area contributed by atoms with Gasteiger partial charge in [-0.2, -0.15) is 0 Å². The van der Waals surface area contributed by atoms with Crippen LogP contribution in [0.3, 0.4) is 0 Å². The molecule has 8 nitrogen and oxygen atoms in total. The summed E-state index contributed by atoms with van der Waals surface area (Å²) in [7, 11) is 0. The van der Waals surface area contributed by atoms with E-state index in [1.807, 2.05) is 0 Å². The van der Waals surface area contributed by atoms with E-state index < -0.39 is 18.1 Å². The molecule has 0 aliphatic carbocycles. The smallest absolute Gasteiger partial charge is 0.547 e. The number of carbonyl (C=O) groups is 2. The summed E-state index contributed by atoms with van der Waals surface area (Å²) in [6.45, 7) is 2.54. The van der Waals surface area contributed by atoms with Crippen molar-refractivity contribution in [2.75, 3.05) is 32.8 Å². The minimum Gasteiger partial charge on any atom is -0.547 e. The van der Waals surface area contributed by atoms with Gasteiger partial charge in [-0.05, 0) is 19.4 Å². The van der Waals surface area contributed by atoms with Gasteiger partial charge in [-0.25, -0.2) is 4.79 Å². The van der Waals surface area contributed by atoms with Crippen LogP contribution in [0.4, 0.5) is 4.79 Å². The molecule has 0 aromatic rings. The number of carboxylic acids is 1. The molecule has 0 radical (unpaired) electrons. The number of hydrogen-bond donors (Lipinski definition) is 3. The van der Waals surface area contributed by atoms with E-state index in [4.69, 9.17) is 9.84 Å². The van der Waals surface area contributed by atoms with E-state index in [9.17, 15) is 14.7 Å². The van der Waals surface area contributed by atoms with Gasteiger partial charge in [0.05, 0.1) is 25.2 Å². The predicted molar refractivity (Wildman–Crippen MR) is 66.8 cm³/mol. The second-order valence-corrected chi connectivity index (χ2v) is 5.17. The Labute approximate surface area is 166 Å². The van der Waals surface area contributed by atoms with E-state index in [0.717, 1.165) is 13.1 Å². The number of carbonyl (C=O) groups excluding carboxylic acids is 2. The molecule has 0 saturated carbocycles. The second kappa shape index (κ2) is 9.41. The Morgan fingerprint density at radius 3 is 2.90 bits per heavy atom. The first-order valence-corrected chi connectivity index (χ1v) is 6.82. The molecule has 21 heavy (non-hydrogen) atoms. The SMILES string of the molecule is O=C(NCC1CN2CCCC2CO1)NCC(O)C(=O)[O-].[K+]. The molecule has 0 spiro atoms. The van der Waals surface area contributed by atoms with E-state index in [1.54, 1.807) is 0 Å². The molecular weight excluding hydrogens is 305 g/mol. The summed E-state index contributed by atoms with van der Waals surface area (Å²) in [5, 5.41) is 24.1.